The molecule has 288 valence electrons. The Hall–Kier alpha value is -4.07. The zero-order valence-corrected chi connectivity index (χ0v) is 32.2. The third-order valence-corrected chi connectivity index (χ3v) is 12.5. The molecule has 3 atom stereocenters. The number of benzene rings is 3. The van der Waals surface area contributed by atoms with Crippen molar-refractivity contribution < 1.29 is 31.5 Å². The Morgan fingerprint density at radius 1 is 0.926 bits per heavy atom. The number of ether oxygens (including phenoxy) is 1. The molecule has 3 aliphatic rings. The van der Waals surface area contributed by atoms with E-state index in [1.807, 2.05) is 4.68 Å². The minimum absolute atomic E-state index is 0.245. The molecule has 3 aromatic carbocycles. The van der Waals surface area contributed by atoms with Crippen LogP contribution in [-0.4, -0.2) is 64.9 Å². The van der Waals surface area contributed by atoms with Gasteiger partial charge in [-0.2, -0.15) is 18.6 Å². The quantitative estimate of drug-likeness (QED) is 0.168. The van der Waals surface area contributed by atoms with Crippen LogP contribution in [-0.2, 0) is 32.0 Å². The minimum Gasteiger partial charge on any atom is -0.444 e. The van der Waals surface area contributed by atoms with Crippen LogP contribution in [0.5, 0.6) is 0 Å². The fourth-order valence-corrected chi connectivity index (χ4v) is 9.64. The second kappa shape index (κ2) is 14.9. The van der Waals surface area contributed by atoms with Gasteiger partial charge in [0.05, 0.1) is 16.6 Å². The fourth-order valence-electron chi connectivity index (χ4n) is 8.29. The first kappa shape index (κ1) is 38.2. The molecule has 3 heterocycles. The van der Waals surface area contributed by atoms with E-state index >= 15 is 8.78 Å². The standard InChI is InChI=1S/C40H46ClF2N5O5S/c1-39(2,3)53-38(50)45-31-21-32-16-17-33(22-31)48(32)37(49)36(40(42,43)29-12-8-26(9-13-29)27-10-14-30(41)15-11-27)46-54(51,52)34-18-19-35-28(20-34)23-44-47(35)24-25-6-4-5-7-25/h8-15,18-20,23,25,31-33,36,46H,4-7,16-17,21-22,24H2,1-3H3,(H,45,50). The Labute approximate surface area is 319 Å². The predicted molar refractivity (Wildman–Crippen MR) is 203 cm³/mol. The lowest BCUT2D eigenvalue weighted by Gasteiger charge is -2.42. The Morgan fingerprint density at radius 3 is 2.15 bits per heavy atom. The molecular weight excluding hydrogens is 736 g/mol. The van der Waals surface area contributed by atoms with Crippen molar-refractivity contribution >= 4 is 44.5 Å². The largest absolute Gasteiger partial charge is 0.444 e. The maximum Gasteiger partial charge on any atom is 0.407 e. The molecule has 1 aromatic heterocycles. The average Bonchev–Trinajstić information content (AvgIpc) is 3.85. The van der Waals surface area contributed by atoms with E-state index in [1.165, 1.54) is 54.1 Å². The molecular formula is C40H46ClF2N5O5S. The lowest BCUT2D eigenvalue weighted by Crippen LogP contribution is -2.61. The number of amides is 2. The number of carbonyl (C=O) groups is 2. The molecule has 0 radical (unpaired) electrons. The van der Waals surface area contributed by atoms with E-state index < -0.39 is 57.2 Å². The summed E-state index contributed by atoms with van der Waals surface area (Å²) >= 11 is 6.03. The van der Waals surface area contributed by atoms with E-state index in [0.29, 0.717) is 47.6 Å². The molecule has 2 amide bonds. The number of alkyl carbamates (subject to hydrolysis) is 1. The number of piperidine rings is 1. The van der Waals surface area contributed by atoms with E-state index in [1.54, 1.807) is 57.3 Å². The van der Waals surface area contributed by atoms with E-state index in [0.717, 1.165) is 30.5 Å². The van der Waals surface area contributed by atoms with Gasteiger partial charge in [0.1, 0.15) is 5.60 Å². The van der Waals surface area contributed by atoms with Crippen LogP contribution in [0.2, 0.25) is 5.02 Å². The molecule has 10 nitrogen and oxygen atoms in total. The van der Waals surface area contributed by atoms with Crippen LogP contribution >= 0.6 is 11.6 Å². The highest BCUT2D eigenvalue weighted by atomic mass is 35.5. The summed E-state index contributed by atoms with van der Waals surface area (Å²) in [6.45, 7) is 5.99. The van der Waals surface area contributed by atoms with Crippen molar-refractivity contribution in [1.29, 1.82) is 0 Å². The average molecular weight is 782 g/mol. The lowest BCUT2D eigenvalue weighted by atomic mass is 9.93. The smallest absolute Gasteiger partial charge is 0.407 e. The summed E-state index contributed by atoms with van der Waals surface area (Å²) in [6, 6.07) is 13.1. The molecule has 1 saturated carbocycles. The van der Waals surface area contributed by atoms with Gasteiger partial charge >= 0.3 is 6.09 Å². The predicted octanol–water partition coefficient (Wildman–Crippen LogP) is 8.03. The molecule has 54 heavy (non-hydrogen) atoms. The van der Waals surface area contributed by atoms with Crippen molar-refractivity contribution in [2.75, 3.05) is 0 Å². The van der Waals surface area contributed by atoms with Crippen LogP contribution in [0.3, 0.4) is 0 Å². The molecule has 4 aromatic rings. The van der Waals surface area contributed by atoms with Crippen LogP contribution in [0, 0.1) is 5.92 Å². The van der Waals surface area contributed by atoms with Crippen molar-refractivity contribution in [3.63, 3.8) is 0 Å². The van der Waals surface area contributed by atoms with Gasteiger partial charge in [0.2, 0.25) is 15.9 Å². The van der Waals surface area contributed by atoms with Gasteiger partial charge in [-0.05, 0) is 107 Å². The Bertz CT molecular complexity index is 2100. The van der Waals surface area contributed by atoms with Crippen LogP contribution < -0.4 is 10.0 Å². The number of alkyl halides is 2. The van der Waals surface area contributed by atoms with Crippen LogP contribution in [0.4, 0.5) is 13.6 Å². The second-order valence-electron chi connectivity index (χ2n) is 15.9. The maximum atomic E-state index is 16.9. The number of nitrogens with zero attached hydrogens (tertiary/aromatic N) is 3. The van der Waals surface area contributed by atoms with Gasteiger partial charge in [0.25, 0.3) is 5.92 Å². The zero-order chi connectivity index (χ0) is 38.4. The Kier molecular flexibility index (Phi) is 10.5. The first-order valence-electron chi connectivity index (χ1n) is 18.6. The molecule has 1 aliphatic carbocycles. The summed E-state index contributed by atoms with van der Waals surface area (Å²) in [7, 11) is -4.65. The number of aromatic nitrogens is 2. The highest BCUT2D eigenvalue weighted by molar-refractivity contribution is 7.89. The molecule has 2 saturated heterocycles. The summed E-state index contributed by atoms with van der Waals surface area (Å²) < 4.78 is 71.4. The summed E-state index contributed by atoms with van der Waals surface area (Å²) in [5.41, 5.74) is 0.930. The van der Waals surface area contributed by atoms with E-state index in [-0.39, 0.29) is 10.9 Å². The highest BCUT2D eigenvalue weighted by Gasteiger charge is 2.54. The summed E-state index contributed by atoms with van der Waals surface area (Å²) in [6.07, 6.45) is 7.29. The number of hydrogen-bond donors (Lipinski definition) is 2. The molecule has 3 fully saturated rings. The number of sulfonamides is 1. The number of rotatable bonds is 10. The van der Waals surface area contributed by atoms with Gasteiger partial charge in [-0.15, -0.1) is 0 Å². The summed E-state index contributed by atoms with van der Waals surface area (Å²) in [4.78, 5) is 28.2. The topological polar surface area (TPSA) is 123 Å². The molecule has 2 bridgehead atoms. The second-order valence-corrected chi connectivity index (χ2v) is 18.1. The molecule has 3 unspecified atom stereocenters. The molecule has 0 spiro atoms. The van der Waals surface area contributed by atoms with Crippen LogP contribution in [0.15, 0.2) is 77.8 Å². The van der Waals surface area contributed by atoms with Gasteiger partial charge in [-0.25, -0.2) is 13.2 Å². The highest BCUT2D eigenvalue weighted by Crippen LogP contribution is 2.41. The lowest BCUT2D eigenvalue weighted by molar-refractivity contribution is -0.149. The third-order valence-electron chi connectivity index (χ3n) is 10.9. The van der Waals surface area contributed by atoms with Gasteiger partial charge in [0, 0.05) is 40.6 Å². The molecule has 14 heteroatoms. The number of fused-ring (bicyclic) bond motifs is 3. The monoisotopic (exact) mass is 781 g/mol. The first-order chi connectivity index (χ1) is 25.6. The van der Waals surface area contributed by atoms with Crippen molar-refractivity contribution in [1.82, 2.24) is 24.7 Å². The van der Waals surface area contributed by atoms with E-state index in [4.69, 9.17) is 16.3 Å². The minimum atomic E-state index is -4.65. The number of nitrogens with one attached hydrogen (secondary N) is 2. The Morgan fingerprint density at radius 2 is 1.54 bits per heavy atom. The first-order valence-corrected chi connectivity index (χ1v) is 20.5. The van der Waals surface area contributed by atoms with Crippen molar-refractivity contribution in [3.05, 3.63) is 83.5 Å². The molecule has 7 rings (SSSR count). The van der Waals surface area contributed by atoms with Crippen molar-refractivity contribution in [2.45, 2.75) is 119 Å². The van der Waals surface area contributed by atoms with Gasteiger partial charge in [-0.3, -0.25) is 9.48 Å². The fraction of sp³-hybridized carbons (Fsp3) is 0.475. The normalized spacial score (nSPS) is 21.4. The van der Waals surface area contributed by atoms with E-state index in [2.05, 4.69) is 15.1 Å². The molecule has 2 N–H and O–H groups in total. The zero-order valence-electron chi connectivity index (χ0n) is 30.6. The van der Waals surface area contributed by atoms with Gasteiger partial charge in [0.15, 0.2) is 6.04 Å². The summed E-state index contributed by atoms with van der Waals surface area (Å²) in [5.74, 6) is -4.47. The summed E-state index contributed by atoms with van der Waals surface area (Å²) in [5, 5.41) is 8.45. The van der Waals surface area contributed by atoms with Crippen molar-refractivity contribution in [2.24, 2.45) is 5.92 Å². The van der Waals surface area contributed by atoms with Crippen LogP contribution in [0.1, 0.15) is 77.7 Å². The number of halogens is 3. The van der Waals surface area contributed by atoms with E-state index in [9.17, 15) is 18.0 Å². The van der Waals surface area contributed by atoms with Crippen LogP contribution in [0.25, 0.3) is 22.0 Å². The SMILES string of the molecule is CC(C)(C)OC(=O)NC1CC2CCC(C1)N2C(=O)C(NS(=O)(=O)c1ccc2c(cnn2CC2CCCC2)c1)C(F)(F)c1ccc(-c2ccc(Cl)cc2)cc1. The molecule has 2 aliphatic heterocycles. The van der Waals surface area contributed by atoms with Gasteiger partial charge < -0.3 is 15.0 Å². The third kappa shape index (κ3) is 8.13. The maximum absolute atomic E-state index is 16.9. The number of carbonyl (C=O) groups excluding carboxylic acids is 2. The number of hydrogen-bond acceptors (Lipinski definition) is 6. The van der Waals surface area contributed by atoms with Gasteiger partial charge in [-0.1, -0.05) is 60.8 Å². The van der Waals surface area contributed by atoms with Crippen molar-refractivity contribution in [3.8, 4) is 11.1 Å². The Balaban J connectivity index is 1.17.